The van der Waals surface area contributed by atoms with Gasteiger partial charge in [0.15, 0.2) is 0 Å². The monoisotopic (exact) mass is 297 g/mol. The summed E-state index contributed by atoms with van der Waals surface area (Å²) < 4.78 is 4.94. The first-order valence-corrected chi connectivity index (χ1v) is 6.70. The first kappa shape index (κ1) is 14.7. The number of likely N-dealkylation sites (tertiary alicyclic amines) is 1. The molecule has 5 nitrogen and oxygen atoms in total. The number of methoxy groups -OCH3 is 1. The number of halogens is 1. The van der Waals surface area contributed by atoms with Crippen molar-refractivity contribution in [3.05, 3.63) is 34.9 Å². The van der Waals surface area contributed by atoms with E-state index < -0.39 is 11.5 Å². The summed E-state index contributed by atoms with van der Waals surface area (Å²) in [6, 6.07) is 7.06. The molecule has 0 aliphatic carbocycles. The standard InChI is InChI=1S/C14H16ClNO4/c1-20-12(17)14(10-2-4-11(15)5-3-10)6-8-16(9-7-14)13(18)19/h2-5H,6-9H2,1H3,(H,18,19). The largest absolute Gasteiger partial charge is 0.468 e. The van der Waals surface area contributed by atoms with Crippen molar-refractivity contribution in [3.8, 4) is 0 Å². The first-order chi connectivity index (χ1) is 9.49. The molecule has 0 saturated carbocycles. The predicted octanol–water partition coefficient (Wildman–Crippen LogP) is 2.52. The third-order valence-corrected chi connectivity index (χ3v) is 4.11. The van der Waals surface area contributed by atoms with Crippen LogP contribution in [0.3, 0.4) is 0 Å². The van der Waals surface area contributed by atoms with Crippen LogP contribution in [-0.4, -0.2) is 42.3 Å². The molecule has 1 aliphatic rings. The Hall–Kier alpha value is -1.75. The molecule has 108 valence electrons. The summed E-state index contributed by atoms with van der Waals surface area (Å²) >= 11 is 5.87. The van der Waals surface area contributed by atoms with Gasteiger partial charge in [0.1, 0.15) is 0 Å². The van der Waals surface area contributed by atoms with Crippen LogP contribution in [0.25, 0.3) is 0 Å². The SMILES string of the molecule is COC(=O)C1(c2ccc(Cl)cc2)CCN(C(=O)O)CC1. The van der Waals surface area contributed by atoms with E-state index in [9.17, 15) is 9.59 Å². The van der Waals surface area contributed by atoms with E-state index in [4.69, 9.17) is 21.4 Å². The summed E-state index contributed by atoms with van der Waals surface area (Å²) in [6.45, 7) is 0.625. The lowest BCUT2D eigenvalue weighted by molar-refractivity contribution is -0.149. The van der Waals surface area contributed by atoms with E-state index in [0.29, 0.717) is 31.0 Å². The molecule has 0 aromatic heterocycles. The van der Waals surface area contributed by atoms with Gasteiger partial charge in [-0.3, -0.25) is 4.79 Å². The average Bonchev–Trinajstić information content (AvgIpc) is 2.47. The predicted molar refractivity (Wildman–Crippen MR) is 74.0 cm³/mol. The van der Waals surface area contributed by atoms with Crippen molar-refractivity contribution in [2.24, 2.45) is 0 Å². The average molecular weight is 298 g/mol. The Morgan fingerprint density at radius 2 is 1.80 bits per heavy atom. The molecule has 1 aliphatic heterocycles. The third-order valence-electron chi connectivity index (χ3n) is 3.86. The molecule has 1 N–H and O–H groups in total. The van der Waals surface area contributed by atoms with Crippen LogP contribution in [0.15, 0.2) is 24.3 Å². The maximum absolute atomic E-state index is 12.2. The number of hydrogen-bond donors (Lipinski definition) is 1. The summed E-state index contributed by atoms with van der Waals surface area (Å²) in [5, 5.41) is 9.60. The number of amides is 1. The van der Waals surface area contributed by atoms with Gasteiger partial charge in [0.2, 0.25) is 0 Å². The highest BCUT2D eigenvalue weighted by Gasteiger charge is 2.44. The fourth-order valence-corrected chi connectivity index (χ4v) is 2.78. The number of rotatable bonds is 2. The quantitative estimate of drug-likeness (QED) is 0.852. The minimum atomic E-state index is -0.959. The zero-order valence-electron chi connectivity index (χ0n) is 11.1. The van der Waals surface area contributed by atoms with Gasteiger partial charge in [-0.2, -0.15) is 0 Å². The molecule has 20 heavy (non-hydrogen) atoms. The van der Waals surface area contributed by atoms with Crippen LogP contribution in [0.4, 0.5) is 4.79 Å². The van der Waals surface area contributed by atoms with Gasteiger partial charge in [0.25, 0.3) is 0 Å². The molecule has 1 aromatic carbocycles. The summed E-state index contributed by atoms with van der Waals surface area (Å²) in [7, 11) is 1.35. The molecule has 1 heterocycles. The van der Waals surface area contributed by atoms with E-state index >= 15 is 0 Å². The number of carboxylic acid groups (broad SMARTS) is 1. The van der Waals surface area contributed by atoms with Gasteiger partial charge in [0.05, 0.1) is 12.5 Å². The molecule has 0 unspecified atom stereocenters. The molecular formula is C14H16ClNO4. The van der Waals surface area contributed by atoms with Crippen LogP contribution in [0.2, 0.25) is 5.02 Å². The van der Waals surface area contributed by atoms with Crippen molar-refractivity contribution in [2.45, 2.75) is 18.3 Å². The minimum absolute atomic E-state index is 0.313. The number of ether oxygens (including phenoxy) is 1. The normalized spacial score (nSPS) is 17.6. The Bertz CT molecular complexity index is 506. The number of nitrogens with zero attached hydrogens (tertiary/aromatic N) is 1. The van der Waals surface area contributed by atoms with E-state index in [1.807, 2.05) is 0 Å². The highest BCUT2D eigenvalue weighted by molar-refractivity contribution is 6.30. The number of esters is 1. The van der Waals surface area contributed by atoms with Crippen LogP contribution < -0.4 is 0 Å². The highest BCUT2D eigenvalue weighted by atomic mass is 35.5. The molecule has 0 atom stereocenters. The smallest absolute Gasteiger partial charge is 0.407 e. The van der Waals surface area contributed by atoms with E-state index in [1.54, 1.807) is 24.3 Å². The van der Waals surface area contributed by atoms with Crippen molar-refractivity contribution in [1.29, 1.82) is 0 Å². The lowest BCUT2D eigenvalue weighted by Crippen LogP contribution is -2.49. The second kappa shape index (κ2) is 5.71. The molecular weight excluding hydrogens is 282 g/mol. The van der Waals surface area contributed by atoms with Crippen molar-refractivity contribution in [2.75, 3.05) is 20.2 Å². The maximum Gasteiger partial charge on any atom is 0.407 e. The Balaban J connectivity index is 2.31. The number of carbonyl (C=O) groups is 2. The van der Waals surface area contributed by atoms with Crippen LogP contribution >= 0.6 is 11.6 Å². The van der Waals surface area contributed by atoms with E-state index in [-0.39, 0.29) is 5.97 Å². The zero-order valence-corrected chi connectivity index (χ0v) is 11.9. The molecule has 6 heteroatoms. The topological polar surface area (TPSA) is 66.8 Å². The Labute approximate surface area is 122 Å². The number of benzene rings is 1. The first-order valence-electron chi connectivity index (χ1n) is 6.32. The van der Waals surface area contributed by atoms with Crippen molar-refractivity contribution < 1.29 is 19.4 Å². The van der Waals surface area contributed by atoms with E-state index in [0.717, 1.165) is 5.56 Å². The molecule has 0 radical (unpaired) electrons. The zero-order chi connectivity index (χ0) is 14.8. The molecule has 0 spiro atoms. The van der Waals surface area contributed by atoms with Crippen LogP contribution in [0.5, 0.6) is 0 Å². The van der Waals surface area contributed by atoms with E-state index in [1.165, 1.54) is 12.0 Å². The molecule has 1 saturated heterocycles. The maximum atomic E-state index is 12.2. The van der Waals surface area contributed by atoms with Crippen molar-refractivity contribution in [1.82, 2.24) is 4.90 Å². The van der Waals surface area contributed by atoms with Crippen molar-refractivity contribution in [3.63, 3.8) is 0 Å². The van der Waals surface area contributed by atoms with Crippen LogP contribution in [0, 0.1) is 0 Å². The molecule has 1 fully saturated rings. The van der Waals surface area contributed by atoms with Gasteiger partial charge in [-0.1, -0.05) is 23.7 Å². The Morgan fingerprint density at radius 3 is 2.25 bits per heavy atom. The number of piperidine rings is 1. The lowest BCUT2D eigenvalue weighted by Gasteiger charge is -2.39. The van der Waals surface area contributed by atoms with Gasteiger partial charge >= 0.3 is 12.1 Å². The molecule has 0 bridgehead atoms. The number of carbonyl (C=O) groups excluding carboxylic acids is 1. The lowest BCUT2D eigenvalue weighted by atomic mass is 9.73. The Morgan fingerprint density at radius 1 is 1.25 bits per heavy atom. The molecule has 1 aromatic rings. The highest BCUT2D eigenvalue weighted by Crippen LogP contribution is 2.37. The summed E-state index contributed by atoms with van der Waals surface area (Å²) in [5.41, 5.74) is 0.0319. The third kappa shape index (κ3) is 2.58. The van der Waals surface area contributed by atoms with E-state index in [2.05, 4.69) is 0 Å². The second-order valence-electron chi connectivity index (χ2n) is 4.85. The molecule has 2 rings (SSSR count). The molecule has 1 amide bonds. The summed E-state index contributed by atoms with van der Waals surface area (Å²) in [5.74, 6) is -0.329. The van der Waals surface area contributed by atoms with Crippen molar-refractivity contribution >= 4 is 23.7 Å². The van der Waals surface area contributed by atoms with Gasteiger partial charge in [0, 0.05) is 18.1 Å². The minimum Gasteiger partial charge on any atom is -0.468 e. The summed E-state index contributed by atoms with van der Waals surface area (Å²) in [4.78, 5) is 24.5. The van der Waals surface area contributed by atoms with Gasteiger partial charge in [-0.15, -0.1) is 0 Å². The van der Waals surface area contributed by atoms with Gasteiger partial charge in [-0.25, -0.2) is 4.79 Å². The van der Waals surface area contributed by atoms with Gasteiger partial charge in [-0.05, 0) is 30.5 Å². The Kier molecular flexibility index (Phi) is 4.18. The number of hydrogen-bond acceptors (Lipinski definition) is 3. The summed E-state index contributed by atoms with van der Waals surface area (Å²) in [6.07, 6.45) is -0.138. The fourth-order valence-electron chi connectivity index (χ4n) is 2.65. The second-order valence-corrected chi connectivity index (χ2v) is 5.29. The van der Waals surface area contributed by atoms with Crippen LogP contribution in [0.1, 0.15) is 18.4 Å². The van der Waals surface area contributed by atoms with Gasteiger partial charge < -0.3 is 14.7 Å². The fraction of sp³-hybridized carbons (Fsp3) is 0.429. The van der Waals surface area contributed by atoms with Crippen LogP contribution in [-0.2, 0) is 14.9 Å².